The van der Waals surface area contributed by atoms with E-state index in [0.717, 1.165) is 0 Å². The van der Waals surface area contributed by atoms with Crippen molar-refractivity contribution in [2.24, 2.45) is 0 Å². The molecule has 0 bridgehead atoms. The summed E-state index contributed by atoms with van der Waals surface area (Å²) in [6.45, 7) is 0. The molecule has 0 fully saturated rings. The standard InChI is InChI=1S/C8H5NO3/c10-7-4-6-5(8(11)12-7)2-1-3-9-6/h1-4,11H. The van der Waals surface area contributed by atoms with Crippen LogP contribution in [0.25, 0.3) is 10.9 Å². The van der Waals surface area contributed by atoms with E-state index in [0.29, 0.717) is 10.9 Å². The largest absolute Gasteiger partial charge is 0.480 e. The number of nitrogens with zero attached hydrogens (tertiary/aromatic N) is 1. The van der Waals surface area contributed by atoms with Crippen molar-refractivity contribution in [2.45, 2.75) is 0 Å². The summed E-state index contributed by atoms with van der Waals surface area (Å²) in [5.74, 6) is -0.384. The summed E-state index contributed by atoms with van der Waals surface area (Å²) in [6.07, 6.45) is 1.54. The van der Waals surface area contributed by atoms with Gasteiger partial charge in [-0.1, -0.05) is 0 Å². The first-order valence-electron chi connectivity index (χ1n) is 3.35. The zero-order chi connectivity index (χ0) is 8.55. The first-order chi connectivity index (χ1) is 5.77. The highest BCUT2D eigenvalue weighted by Crippen LogP contribution is 2.18. The lowest BCUT2D eigenvalue weighted by molar-refractivity contribution is 0.317. The van der Waals surface area contributed by atoms with Gasteiger partial charge < -0.3 is 9.52 Å². The molecular weight excluding hydrogens is 158 g/mol. The van der Waals surface area contributed by atoms with Crippen molar-refractivity contribution in [2.75, 3.05) is 0 Å². The number of aromatic hydroxyl groups is 1. The lowest BCUT2D eigenvalue weighted by Crippen LogP contribution is -1.95. The average Bonchev–Trinajstić information content (AvgIpc) is 2.04. The van der Waals surface area contributed by atoms with E-state index in [1.54, 1.807) is 18.3 Å². The highest BCUT2D eigenvalue weighted by atomic mass is 16.5. The number of aromatic nitrogens is 1. The Balaban J connectivity index is 2.99. The van der Waals surface area contributed by atoms with Gasteiger partial charge in [0, 0.05) is 6.20 Å². The van der Waals surface area contributed by atoms with Gasteiger partial charge in [-0.15, -0.1) is 0 Å². The highest BCUT2D eigenvalue weighted by molar-refractivity contribution is 5.81. The molecule has 2 heterocycles. The molecule has 0 aromatic carbocycles. The molecular formula is C8H5NO3. The van der Waals surface area contributed by atoms with E-state index in [9.17, 15) is 4.79 Å². The Labute approximate surface area is 67.1 Å². The second-order valence-electron chi connectivity index (χ2n) is 2.31. The van der Waals surface area contributed by atoms with Gasteiger partial charge >= 0.3 is 5.63 Å². The summed E-state index contributed by atoms with van der Waals surface area (Å²) in [7, 11) is 0. The van der Waals surface area contributed by atoms with Crippen molar-refractivity contribution in [3.8, 4) is 5.95 Å². The second kappa shape index (κ2) is 2.34. The van der Waals surface area contributed by atoms with Crippen LogP contribution in [0.2, 0.25) is 0 Å². The summed E-state index contributed by atoms with van der Waals surface area (Å²) >= 11 is 0. The van der Waals surface area contributed by atoms with Crippen molar-refractivity contribution < 1.29 is 9.52 Å². The van der Waals surface area contributed by atoms with Gasteiger partial charge in [-0.25, -0.2) is 4.79 Å². The fourth-order valence-corrected chi connectivity index (χ4v) is 1.00. The Morgan fingerprint density at radius 1 is 1.50 bits per heavy atom. The molecule has 2 aromatic rings. The minimum atomic E-state index is -0.598. The molecule has 0 unspecified atom stereocenters. The Bertz CT molecular complexity index is 475. The molecule has 0 saturated carbocycles. The lowest BCUT2D eigenvalue weighted by atomic mass is 10.3. The third kappa shape index (κ3) is 0.934. The fourth-order valence-electron chi connectivity index (χ4n) is 1.00. The summed E-state index contributed by atoms with van der Waals surface area (Å²) in [6, 6.07) is 4.51. The van der Waals surface area contributed by atoms with Crippen LogP contribution in [0, 0.1) is 0 Å². The first kappa shape index (κ1) is 6.84. The van der Waals surface area contributed by atoms with E-state index >= 15 is 0 Å². The van der Waals surface area contributed by atoms with Gasteiger partial charge in [0.25, 0.3) is 5.95 Å². The average molecular weight is 163 g/mol. The maximum Gasteiger partial charge on any atom is 0.340 e. The third-order valence-corrected chi connectivity index (χ3v) is 1.52. The fraction of sp³-hybridized carbons (Fsp3) is 0. The van der Waals surface area contributed by atoms with Crippen LogP contribution in [-0.2, 0) is 0 Å². The van der Waals surface area contributed by atoms with Crippen LogP contribution >= 0.6 is 0 Å². The molecule has 60 valence electrons. The van der Waals surface area contributed by atoms with E-state index in [-0.39, 0.29) is 5.95 Å². The molecule has 0 aliphatic rings. The molecule has 0 atom stereocenters. The predicted octanol–water partition coefficient (Wildman–Crippen LogP) is 0.894. The molecule has 0 aliphatic heterocycles. The van der Waals surface area contributed by atoms with Gasteiger partial charge in [-0.2, -0.15) is 0 Å². The maximum absolute atomic E-state index is 10.7. The minimum Gasteiger partial charge on any atom is -0.480 e. The zero-order valence-electron chi connectivity index (χ0n) is 6.02. The van der Waals surface area contributed by atoms with Crippen molar-refractivity contribution in [1.29, 1.82) is 0 Å². The van der Waals surface area contributed by atoms with Crippen molar-refractivity contribution in [3.05, 3.63) is 34.8 Å². The van der Waals surface area contributed by atoms with Crippen LogP contribution in [0.1, 0.15) is 0 Å². The van der Waals surface area contributed by atoms with Gasteiger partial charge in [0.05, 0.1) is 17.0 Å². The van der Waals surface area contributed by atoms with Crippen LogP contribution in [0.5, 0.6) is 5.95 Å². The SMILES string of the molecule is O=c1cc2ncccc2c(O)o1. The normalized spacial score (nSPS) is 10.3. The number of pyridine rings is 1. The molecule has 0 spiro atoms. The van der Waals surface area contributed by atoms with Crippen LogP contribution in [-0.4, -0.2) is 10.1 Å². The summed E-state index contributed by atoms with van der Waals surface area (Å²) in [5, 5.41) is 9.59. The molecule has 1 N–H and O–H groups in total. The van der Waals surface area contributed by atoms with Gasteiger partial charge in [0.2, 0.25) is 0 Å². The Hall–Kier alpha value is -1.84. The number of fused-ring (bicyclic) bond motifs is 1. The summed E-state index contributed by atoms with van der Waals surface area (Å²) < 4.78 is 4.45. The number of hydrogen-bond acceptors (Lipinski definition) is 4. The second-order valence-corrected chi connectivity index (χ2v) is 2.31. The molecule has 0 aliphatic carbocycles. The van der Waals surface area contributed by atoms with E-state index in [4.69, 9.17) is 5.11 Å². The predicted molar refractivity (Wildman–Crippen MR) is 41.9 cm³/mol. The van der Waals surface area contributed by atoms with Gasteiger partial charge in [-0.05, 0) is 12.1 Å². The lowest BCUT2D eigenvalue weighted by Gasteiger charge is -1.95. The number of hydrogen-bond donors (Lipinski definition) is 1. The molecule has 0 amide bonds. The van der Waals surface area contributed by atoms with Crippen LogP contribution in [0.15, 0.2) is 33.6 Å². The molecule has 4 nitrogen and oxygen atoms in total. The number of rotatable bonds is 0. The Kier molecular flexibility index (Phi) is 1.33. The Morgan fingerprint density at radius 2 is 2.33 bits per heavy atom. The molecule has 2 rings (SSSR count). The first-order valence-corrected chi connectivity index (χ1v) is 3.35. The summed E-state index contributed by atoms with van der Waals surface area (Å²) in [4.78, 5) is 14.6. The van der Waals surface area contributed by atoms with Crippen molar-refractivity contribution in [3.63, 3.8) is 0 Å². The quantitative estimate of drug-likeness (QED) is 0.626. The van der Waals surface area contributed by atoms with Crippen LogP contribution in [0.4, 0.5) is 0 Å². The Morgan fingerprint density at radius 3 is 3.17 bits per heavy atom. The van der Waals surface area contributed by atoms with E-state index in [1.165, 1.54) is 6.07 Å². The molecule has 2 aromatic heterocycles. The highest BCUT2D eigenvalue weighted by Gasteiger charge is 2.02. The van der Waals surface area contributed by atoms with Crippen molar-refractivity contribution >= 4 is 10.9 Å². The summed E-state index contributed by atoms with van der Waals surface area (Å²) in [5.41, 5.74) is -0.162. The van der Waals surface area contributed by atoms with Crippen molar-refractivity contribution in [1.82, 2.24) is 4.98 Å². The molecule has 4 heteroatoms. The van der Waals surface area contributed by atoms with E-state index in [2.05, 4.69) is 9.40 Å². The van der Waals surface area contributed by atoms with Crippen LogP contribution in [0.3, 0.4) is 0 Å². The third-order valence-electron chi connectivity index (χ3n) is 1.52. The van der Waals surface area contributed by atoms with E-state index in [1.807, 2.05) is 0 Å². The molecule has 0 radical (unpaired) electrons. The van der Waals surface area contributed by atoms with Crippen LogP contribution < -0.4 is 5.63 Å². The van der Waals surface area contributed by atoms with E-state index < -0.39 is 5.63 Å². The molecule has 0 saturated heterocycles. The molecule has 12 heavy (non-hydrogen) atoms. The van der Waals surface area contributed by atoms with Gasteiger partial charge in [-0.3, -0.25) is 4.98 Å². The zero-order valence-corrected chi connectivity index (χ0v) is 6.02. The monoisotopic (exact) mass is 163 g/mol. The van der Waals surface area contributed by atoms with Gasteiger partial charge in [0.1, 0.15) is 0 Å². The van der Waals surface area contributed by atoms with Gasteiger partial charge in [0.15, 0.2) is 0 Å². The minimum absolute atomic E-state index is 0.384. The topological polar surface area (TPSA) is 63.3 Å². The maximum atomic E-state index is 10.7. The smallest absolute Gasteiger partial charge is 0.340 e.